The Bertz CT molecular complexity index is 2680. The highest BCUT2D eigenvalue weighted by Crippen LogP contribution is 2.47. The van der Waals surface area contributed by atoms with Crippen molar-refractivity contribution in [2.45, 2.75) is 13.3 Å². The molecule has 232 valence electrons. The minimum absolute atomic E-state index is 0.438. The molecule has 3 aromatic heterocycles. The number of fused-ring (bicyclic) bond motifs is 10. The van der Waals surface area contributed by atoms with E-state index in [9.17, 15) is 0 Å². The van der Waals surface area contributed by atoms with Crippen molar-refractivity contribution in [2.24, 2.45) is 5.92 Å². The van der Waals surface area contributed by atoms with E-state index in [0.717, 1.165) is 34.3 Å². The van der Waals surface area contributed by atoms with Gasteiger partial charge in [-0.2, -0.15) is 9.97 Å². The van der Waals surface area contributed by atoms with Gasteiger partial charge in [0.2, 0.25) is 5.95 Å². The van der Waals surface area contributed by atoms with Crippen LogP contribution in [0.4, 0.5) is 0 Å². The normalized spacial score (nSPS) is 14.3. The molecular formula is C44H31N5. The molecule has 1 aliphatic rings. The molecule has 0 radical (unpaired) electrons. The van der Waals surface area contributed by atoms with Crippen LogP contribution in [-0.2, 0) is 6.42 Å². The molecule has 5 nitrogen and oxygen atoms in total. The minimum atomic E-state index is 0.438. The Labute approximate surface area is 283 Å². The topological polar surface area (TPSA) is 48.5 Å². The molecule has 1 aliphatic carbocycles. The van der Waals surface area contributed by atoms with E-state index in [4.69, 9.17) is 15.0 Å². The second-order valence-corrected chi connectivity index (χ2v) is 12.9. The molecule has 1 atom stereocenters. The molecule has 0 fully saturated rings. The Kier molecular flexibility index (Phi) is 6.15. The zero-order valence-electron chi connectivity index (χ0n) is 27.0. The fourth-order valence-corrected chi connectivity index (χ4v) is 7.79. The smallest absolute Gasteiger partial charge is 0.238 e. The van der Waals surface area contributed by atoms with Crippen LogP contribution in [0.15, 0.2) is 146 Å². The second-order valence-electron chi connectivity index (χ2n) is 12.9. The van der Waals surface area contributed by atoms with Crippen LogP contribution in [-0.4, -0.2) is 24.1 Å². The maximum atomic E-state index is 5.27. The van der Waals surface area contributed by atoms with Gasteiger partial charge in [0.15, 0.2) is 11.6 Å². The Balaban J connectivity index is 1.45. The molecule has 0 spiro atoms. The first kappa shape index (κ1) is 27.8. The van der Waals surface area contributed by atoms with Crippen LogP contribution in [0.25, 0.3) is 84.0 Å². The summed E-state index contributed by atoms with van der Waals surface area (Å²) in [6, 6.07) is 48.8. The van der Waals surface area contributed by atoms with Gasteiger partial charge in [0, 0.05) is 38.7 Å². The lowest BCUT2D eigenvalue weighted by Gasteiger charge is -2.16. The summed E-state index contributed by atoms with van der Waals surface area (Å²) in [5.41, 5.74) is 8.97. The van der Waals surface area contributed by atoms with E-state index >= 15 is 0 Å². The Hall–Kier alpha value is -6.33. The van der Waals surface area contributed by atoms with Gasteiger partial charge in [0.1, 0.15) is 0 Å². The lowest BCUT2D eigenvalue weighted by atomic mass is 9.90. The van der Waals surface area contributed by atoms with Crippen molar-refractivity contribution in [1.29, 1.82) is 0 Å². The predicted octanol–water partition coefficient (Wildman–Crippen LogP) is 10.6. The highest BCUT2D eigenvalue weighted by Gasteiger charge is 2.29. The summed E-state index contributed by atoms with van der Waals surface area (Å²) in [6.45, 7) is 2.31. The highest BCUT2D eigenvalue weighted by atomic mass is 15.2. The monoisotopic (exact) mass is 629 g/mol. The van der Waals surface area contributed by atoms with Gasteiger partial charge < -0.3 is 4.57 Å². The second kappa shape index (κ2) is 10.9. The van der Waals surface area contributed by atoms with Crippen LogP contribution < -0.4 is 0 Å². The third kappa shape index (κ3) is 4.22. The van der Waals surface area contributed by atoms with Crippen molar-refractivity contribution in [3.63, 3.8) is 0 Å². The number of hydrogen-bond donors (Lipinski definition) is 0. The van der Waals surface area contributed by atoms with Crippen LogP contribution in [0, 0.1) is 5.92 Å². The van der Waals surface area contributed by atoms with Crippen LogP contribution in [0.1, 0.15) is 18.2 Å². The van der Waals surface area contributed by atoms with Crippen LogP contribution in [0.2, 0.25) is 0 Å². The minimum Gasteiger partial charge on any atom is -0.308 e. The molecule has 0 bridgehead atoms. The Morgan fingerprint density at radius 3 is 1.71 bits per heavy atom. The van der Waals surface area contributed by atoms with Crippen LogP contribution in [0.5, 0.6) is 0 Å². The van der Waals surface area contributed by atoms with Gasteiger partial charge in [-0.15, -0.1) is 0 Å². The summed E-state index contributed by atoms with van der Waals surface area (Å²) >= 11 is 0. The van der Waals surface area contributed by atoms with Gasteiger partial charge in [-0.25, -0.2) is 4.98 Å². The maximum Gasteiger partial charge on any atom is 0.238 e. The molecular weight excluding hydrogens is 599 g/mol. The third-order valence-electron chi connectivity index (χ3n) is 9.89. The number of hydrogen-bond acceptors (Lipinski definition) is 3. The predicted molar refractivity (Wildman–Crippen MR) is 201 cm³/mol. The number of para-hydroxylation sites is 2. The van der Waals surface area contributed by atoms with E-state index in [1.165, 1.54) is 43.7 Å². The molecule has 0 saturated heterocycles. The fourth-order valence-electron chi connectivity index (χ4n) is 7.79. The zero-order chi connectivity index (χ0) is 32.5. The zero-order valence-corrected chi connectivity index (χ0v) is 27.0. The van der Waals surface area contributed by atoms with Gasteiger partial charge in [-0.3, -0.25) is 4.57 Å². The molecule has 10 rings (SSSR count). The molecule has 9 aromatic rings. The summed E-state index contributed by atoms with van der Waals surface area (Å²) in [7, 11) is 0. The molecule has 49 heavy (non-hydrogen) atoms. The first-order chi connectivity index (χ1) is 24.2. The quantitative estimate of drug-likeness (QED) is 0.195. The molecule has 0 N–H and O–H groups in total. The molecule has 0 saturated carbocycles. The number of rotatable bonds is 4. The van der Waals surface area contributed by atoms with Crippen molar-refractivity contribution in [2.75, 3.05) is 0 Å². The number of aromatic nitrogens is 5. The van der Waals surface area contributed by atoms with Crippen LogP contribution >= 0.6 is 0 Å². The fraction of sp³-hybridized carbons (Fsp3) is 0.0682. The van der Waals surface area contributed by atoms with Gasteiger partial charge in [0.05, 0.1) is 16.6 Å². The van der Waals surface area contributed by atoms with E-state index in [0.29, 0.717) is 23.5 Å². The van der Waals surface area contributed by atoms with E-state index in [-0.39, 0.29) is 0 Å². The molecule has 6 aromatic carbocycles. The average molecular weight is 630 g/mol. The number of allylic oxidation sites excluding steroid dienone is 1. The average Bonchev–Trinajstić information content (AvgIpc) is 3.69. The molecule has 5 heteroatoms. The van der Waals surface area contributed by atoms with Crippen molar-refractivity contribution >= 4 is 49.6 Å². The van der Waals surface area contributed by atoms with Crippen molar-refractivity contribution < 1.29 is 0 Å². The van der Waals surface area contributed by atoms with Gasteiger partial charge in [-0.1, -0.05) is 134 Å². The summed E-state index contributed by atoms with van der Waals surface area (Å²) in [5, 5.41) is 6.16. The maximum absolute atomic E-state index is 5.27. The largest absolute Gasteiger partial charge is 0.308 e. The van der Waals surface area contributed by atoms with Crippen molar-refractivity contribution in [1.82, 2.24) is 24.1 Å². The molecule has 3 heterocycles. The molecule has 1 unspecified atom stereocenters. The van der Waals surface area contributed by atoms with Crippen LogP contribution in [0.3, 0.4) is 0 Å². The molecule has 0 amide bonds. The molecule has 0 aliphatic heterocycles. The first-order valence-electron chi connectivity index (χ1n) is 16.9. The highest BCUT2D eigenvalue weighted by molar-refractivity contribution is 6.32. The van der Waals surface area contributed by atoms with E-state index < -0.39 is 0 Å². The Morgan fingerprint density at radius 1 is 0.531 bits per heavy atom. The summed E-state index contributed by atoms with van der Waals surface area (Å²) in [6.07, 6.45) is 5.65. The summed E-state index contributed by atoms with van der Waals surface area (Å²) in [4.78, 5) is 15.6. The van der Waals surface area contributed by atoms with E-state index in [1.54, 1.807) is 0 Å². The van der Waals surface area contributed by atoms with Gasteiger partial charge >= 0.3 is 0 Å². The lowest BCUT2D eigenvalue weighted by Crippen LogP contribution is -2.07. The summed E-state index contributed by atoms with van der Waals surface area (Å²) in [5.74, 6) is 2.31. The Morgan fingerprint density at radius 2 is 1.06 bits per heavy atom. The van der Waals surface area contributed by atoms with Crippen molar-refractivity contribution in [3.05, 3.63) is 157 Å². The van der Waals surface area contributed by atoms with E-state index in [2.05, 4.69) is 131 Å². The van der Waals surface area contributed by atoms with Gasteiger partial charge in [0.25, 0.3) is 0 Å². The summed E-state index contributed by atoms with van der Waals surface area (Å²) < 4.78 is 4.76. The van der Waals surface area contributed by atoms with Crippen molar-refractivity contribution in [3.8, 4) is 34.4 Å². The SMILES string of the molecule is CC1C=Cc2c(c3c4ccccc4c4c5ccccc5n(-c5nc(-c6ccccc6)nc(-c6ccccc6)n5)c4c3n2-c2ccccc2)C1. The number of benzene rings is 6. The van der Waals surface area contributed by atoms with E-state index in [1.807, 2.05) is 36.4 Å². The van der Waals surface area contributed by atoms with Gasteiger partial charge in [-0.05, 0) is 52.9 Å². The first-order valence-corrected chi connectivity index (χ1v) is 16.9. The standard InChI is InChI=1S/C44H31N5/c1-28-25-26-37-35(27-28)39-33-22-12-11-21-32(33)38-34-23-13-14-24-36(34)49(41(38)40(39)48(37)31-19-9-4-10-20-31)44-46-42(29-15-5-2-6-16-29)45-43(47-44)30-17-7-3-8-18-30/h2-26,28H,27H2,1H3. The third-order valence-corrected chi connectivity index (χ3v) is 9.89. The lowest BCUT2D eigenvalue weighted by molar-refractivity contribution is 0.718. The number of nitrogens with zero attached hydrogens (tertiary/aromatic N) is 5.